The third-order valence-electron chi connectivity index (χ3n) is 6.04. The minimum absolute atomic E-state index is 0.00293. The lowest BCUT2D eigenvalue weighted by molar-refractivity contribution is -0.137. The molecule has 0 bridgehead atoms. The molecule has 2 aromatic heterocycles. The van der Waals surface area contributed by atoms with Crippen LogP contribution in [0.25, 0.3) is 0 Å². The number of alkyl halides is 3. The number of pyridine rings is 2. The largest absolute Gasteiger partial charge is 0.418 e. The molecule has 3 N–H and O–H groups in total. The van der Waals surface area contributed by atoms with E-state index in [4.69, 9.17) is 11.6 Å². The fourth-order valence-corrected chi connectivity index (χ4v) is 4.06. The van der Waals surface area contributed by atoms with Crippen molar-refractivity contribution in [2.45, 2.75) is 38.9 Å². The third-order valence-corrected chi connectivity index (χ3v) is 6.27. The van der Waals surface area contributed by atoms with Gasteiger partial charge in [-0.2, -0.15) is 13.2 Å². The highest BCUT2D eigenvalue weighted by atomic mass is 35.5. The Morgan fingerprint density at radius 1 is 1.03 bits per heavy atom. The van der Waals surface area contributed by atoms with Gasteiger partial charge >= 0.3 is 6.18 Å². The van der Waals surface area contributed by atoms with E-state index in [1.54, 1.807) is 12.1 Å². The number of carbonyl (C=O) groups excluding carboxylic acids is 3. The summed E-state index contributed by atoms with van der Waals surface area (Å²) in [4.78, 5) is 45.1. The van der Waals surface area contributed by atoms with Crippen LogP contribution in [0.2, 0.25) is 5.02 Å². The Labute approximate surface area is 221 Å². The van der Waals surface area contributed by atoms with Gasteiger partial charge in [-0.25, -0.2) is 0 Å². The lowest BCUT2D eigenvalue weighted by Crippen LogP contribution is -2.33. The van der Waals surface area contributed by atoms with E-state index in [-0.39, 0.29) is 41.3 Å². The van der Waals surface area contributed by atoms with E-state index in [0.29, 0.717) is 35.5 Å². The minimum atomic E-state index is -4.59. The number of carbonyl (C=O) groups is 3. The van der Waals surface area contributed by atoms with Crippen molar-refractivity contribution in [3.63, 3.8) is 0 Å². The van der Waals surface area contributed by atoms with Crippen LogP contribution in [0.4, 0.5) is 30.2 Å². The maximum absolute atomic E-state index is 13.3. The maximum atomic E-state index is 13.3. The summed E-state index contributed by atoms with van der Waals surface area (Å²) in [7, 11) is 0. The molecule has 8 nitrogen and oxygen atoms in total. The molecule has 0 saturated heterocycles. The van der Waals surface area contributed by atoms with Crippen molar-refractivity contribution in [2.24, 2.45) is 5.41 Å². The van der Waals surface area contributed by atoms with Crippen LogP contribution in [0.15, 0.2) is 55.0 Å². The van der Waals surface area contributed by atoms with E-state index in [1.807, 2.05) is 0 Å². The summed E-state index contributed by atoms with van der Waals surface area (Å²) in [5.41, 5.74) is -0.365. The van der Waals surface area contributed by atoms with E-state index in [0.717, 1.165) is 6.07 Å². The molecule has 12 heteroatoms. The topological polar surface area (TPSA) is 113 Å². The van der Waals surface area contributed by atoms with Crippen LogP contribution >= 0.6 is 11.6 Å². The Morgan fingerprint density at radius 3 is 2.42 bits per heavy atom. The molecule has 3 aromatic rings. The van der Waals surface area contributed by atoms with Gasteiger partial charge in [-0.1, -0.05) is 11.6 Å². The number of nitrogens with one attached hydrogen (secondary N) is 3. The smallest absolute Gasteiger partial charge is 0.354 e. The van der Waals surface area contributed by atoms with Gasteiger partial charge in [0.15, 0.2) is 5.78 Å². The summed E-state index contributed by atoms with van der Waals surface area (Å²) in [6.07, 6.45) is 0.713. The number of anilines is 3. The predicted molar refractivity (Wildman–Crippen MR) is 135 cm³/mol. The van der Waals surface area contributed by atoms with Crippen LogP contribution in [0.5, 0.6) is 0 Å². The number of aromatic nitrogens is 2. The van der Waals surface area contributed by atoms with Gasteiger partial charge in [-0.15, -0.1) is 0 Å². The Bertz CT molecular complexity index is 1380. The highest BCUT2D eigenvalue weighted by Crippen LogP contribution is 2.49. The van der Waals surface area contributed by atoms with Gasteiger partial charge < -0.3 is 16.0 Å². The molecule has 198 valence electrons. The van der Waals surface area contributed by atoms with E-state index in [1.165, 1.54) is 43.7 Å². The van der Waals surface area contributed by atoms with Gasteiger partial charge in [0, 0.05) is 30.1 Å². The van der Waals surface area contributed by atoms with Crippen molar-refractivity contribution < 1.29 is 27.6 Å². The zero-order valence-corrected chi connectivity index (χ0v) is 20.9. The van der Waals surface area contributed by atoms with Gasteiger partial charge in [0.2, 0.25) is 11.8 Å². The number of nitrogens with zero attached hydrogens (tertiary/aromatic N) is 2. The normalized spacial score (nSPS) is 13.9. The van der Waals surface area contributed by atoms with Gasteiger partial charge in [0.25, 0.3) is 0 Å². The lowest BCUT2D eigenvalue weighted by Gasteiger charge is -2.16. The molecule has 2 heterocycles. The number of Topliss-reactive ketones (excluding diaryl/α,β-unsaturated/α-hetero) is 1. The third kappa shape index (κ3) is 6.65. The fraction of sp³-hybridized carbons (Fsp3) is 0.269. The Hall–Kier alpha value is -3.99. The summed E-state index contributed by atoms with van der Waals surface area (Å²) in [6.45, 7) is 1.43. The molecular weight excluding hydrogens is 523 g/mol. The summed E-state index contributed by atoms with van der Waals surface area (Å²) in [5.74, 6) is -0.828. The highest BCUT2D eigenvalue weighted by molar-refractivity contribution is 6.30. The molecule has 1 aliphatic carbocycles. The quantitative estimate of drug-likeness (QED) is 0.305. The molecule has 38 heavy (non-hydrogen) atoms. The van der Waals surface area contributed by atoms with Crippen LogP contribution in [0, 0.1) is 5.41 Å². The van der Waals surface area contributed by atoms with Crippen LogP contribution in [-0.4, -0.2) is 27.6 Å². The molecule has 2 amide bonds. The molecule has 0 spiro atoms. The first-order valence-electron chi connectivity index (χ1n) is 11.6. The lowest BCUT2D eigenvalue weighted by atomic mass is 9.95. The van der Waals surface area contributed by atoms with Crippen molar-refractivity contribution in [1.82, 2.24) is 15.3 Å². The first kappa shape index (κ1) is 27.1. The van der Waals surface area contributed by atoms with E-state index < -0.39 is 17.2 Å². The van der Waals surface area contributed by atoms with E-state index in [2.05, 4.69) is 25.9 Å². The van der Waals surface area contributed by atoms with Crippen molar-refractivity contribution in [2.75, 3.05) is 10.6 Å². The minimum Gasteiger partial charge on any atom is -0.354 e. The van der Waals surface area contributed by atoms with Crippen LogP contribution < -0.4 is 16.0 Å². The molecule has 1 fully saturated rings. The molecule has 4 rings (SSSR count). The number of amides is 2. The average molecular weight is 546 g/mol. The maximum Gasteiger partial charge on any atom is 0.418 e. The Kier molecular flexibility index (Phi) is 7.68. The van der Waals surface area contributed by atoms with E-state index >= 15 is 0 Å². The SMILES string of the molecule is CC(=O)Nc1cncc(C(=O)CC2(C(=O)NCc3ccc(Nc4ccc(Cl)cc4C(F)(F)F)cn3)CC2)c1. The fourth-order valence-electron chi connectivity index (χ4n) is 3.89. The zero-order chi connectivity index (χ0) is 27.5. The first-order valence-corrected chi connectivity index (χ1v) is 12.0. The second-order valence-corrected chi connectivity index (χ2v) is 9.49. The monoisotopic (exact) mass is 545 g/mol. The molecule has 0 aliphatic heterocycles. The van der Waals surface area contributed by atoms with Crippen LogP contribution in [-0.2, 0) is 22.3 Å². The Morgan fingerprint density at radius 2 is 1.79 bits per heavy atom. The van der Waals surface area contributed by atoms with Crippen LogP contribution in [0.1, 0.15) is 47.8 Å². The molecule has 0 unspecified atom stereocenters. The molecule has 1 saturated carbocycles. The highest BCUT2D eigenvalue weighted by Gasteiger charge is 2.51. The average Bonchev–Trinajstić information content (AvgIpc) is 3.64. The standard InChI is InChI=1S/C26H23ClF3N5O3/c1-15(36)34-20-8-16(11-31-12-20)23(37)10-25(6-7-25)24(38)33-13-18-3-4-19(14-32-18)35-22-5-2-17(27)9-21(22)26(28,29)30/h2-5,8-9,11-12,14,35H,6-7,10,13H2,1H3,(H,33,38)(H,34,36). The van der Waals surface area contributed by atoms with E-state index in [9.17, 15) is 27.6 Å². The number of rotatable bonds is 9. The summed E-state index contributed by atoms with van der Waals surface area (Å²) < 4.78 is 40.0. The predicted octanol–water partition coefficient (Wildman–Crippen LogP) is 5.52. The molecular formula is C26H23ClF3N5O3. The molecule has 1 aromatic carbocycles. The second-order valence-electron chi connectivity index (χ2n) is 9.06. The zero-order valence-electron chi connectivity index (χ0n) is 20.2. The Balaban J connectivity index is 1.34. The number of hydrogen-bond donors (Lipinski definition) is 3. The molecule has 0 radical (unpaired) electrons. The van der Waals surface area contributed by atoms with Crippen molar-refractivity contribution >= 4 is 46.3 Å². The molecule has 0 atom stereocenters. The van der Waals surface area contributed by atoms with Gasteiger partial charge in [-0.3, -0.25) is 24.4 Å². The number of halogens is 4. The summed E-state index contributed by atoms with van der Waals surface area (Å²) in [5, 5.41) is 8.02. The second kappa shape index (κ2) is 10.8. The van der Waals surface area contributed by atoms with Gasteiger partial charge in [0.05, 0.1) is 52.7 Å². The first-order chi connectivity index (χ1) is 17.9. The number of ketones is 1. The van der Waals surface area contributed by atoms with Crippen molar-refractivity contribution in [1.29, 1.82) is 0 Å². The summed E-state index contributed by atoms with van der Waals surface area (Å²) >= 11 is 5.72. The number of hydrogen-bond acceptors (Lipinski definition) is 6. The van der Waals surface area contributed by atoms with Crippen molar-refractivity contribution in [3.05, 3.63) is 76.8 Å². The number of benzene rings is 1. The van der Waals surface area contributed by atoms with Crippen molar-refractivity contribution in [3.8, 4) is 0 Å². The summed E-state index contributed by atoms with van der Waals surface area (Å²) in [6, 6.07) is 8.08. The van der Waals surface area contributed by atoms with Gasteiger partial charge in [0.1, 0.15) is 0 Å². The van der Waals surface area contributed by atoms with Gasteiger partial charge in [-0.05, 0) is 49.2 Å². The molecule has 1 aliphatic rings. The van der Waals surface area contributed by atoms with Crippen LogP contribution in [0.3, 0.4) is 0 Å².